The zero-order chi connectivity index (χ0) is 15.4. The quantitative estimate of drug-likeness (QED) is 0.918. The van der Waals surface area contributed by atoms with E-state index >= 15 is 0 Å². The summed E-state index contributed by atoms with van der Waals surface area (Å²) in [7, 11) is 1.45. The van der Waals surface area contributed by atoms with Crippen LogP contribution in [0.3, 0.4) is 0 Å². The molecule has 0 saturated carbocycles. The molecule has 0 radical (unpaired) electrons. The van der Waals surface area contributed by atoms with E-state index in [4.69, 9.17) is 9.15 Å². The molecule has 0 spiro atoms. The number of hydrogen-bond acceptors (Lipinski definition) is 4. The number of phenolic OH excluding ortho intramolecular Hbond substituents is 1. The van der Waals surface area contributed by atoms with Gasteiger partial charge in [-0.2, -0.15) is 0 Å². The molecule has 2 rings (SSSR count). The minimum Gasteiger partial charge on any atom is -0.504 e. The van der Waals surface area contributed by atoms with Crippen molar-refractivity contribution in [2.75, 3.05) is 20.2 Å². The monoisotopic (exact) mass is 289 g/mol. The van der Waals surface area contributed by atoms with Crippen LogP contribution in [0.1, 0.15) is 24.2 Å². The third-order valence-corrected chi connectivity index (χ3v) is 3.38. The molecule has 0 saturated heterocycles. The summed E-state index contributed by atoms with van der Waals surface area (Å²) in [5, 5.41) is 10.2. The Morgan fingerprint density at radius 1 is 1.33 bits per heavy atom. The summed E-state index contributed by atoms with van der Waals surface area (Å²) in [6.07, 6.45) is 1.51. The van der Waals surface area contributed by atoms with E-state index in [1.54, 1.807) is 29.2 Å². The van der Waals surface area contributed by atoms with E-state index in [2.05, 4.69) is 0 Å². The lowest BCUT2D eigenvalue weighted by molar-refractivity contribution is 0.0772. The van der Waals surface area contributed by atoms with Crippen LogP contribution >= 0.6 is 0 Å². The van der Waals surface area contributed by atoms with Crippen molar-refractivity contribution in [3.8, 4) is 22.8 Å². The Balaban J connectivity index is 2.53. The van der Waals surface area contributed by atoms with Crippen molar-refractivity contribution in [3.63, 3.8) is 0 Å². The highest BCUT2D eigenvalue weighted by atomic mass is 16.5. The molecule has 0 bridgehead atoms. The lowest BCUT2D eigenvalue weighted by Crippen LogP contribution is -2.30. The van der Waals surface area contributed by atoms with Crippen molar-refractivity contribution >= 4 is 5.91 Å². The average molecular weight is 289 g/mol. The number of aromatic hydroxyl groups is 1. The number of furan rings is 1. The minimum atomic E-state index is -0.105. The molecule has 0 atom stereocenters. The second-order valence-corrected chi connectivity index (χ2v) is 4.53. The van der Waals surface area contributed by atoms with E-state index in [9.17, 15) is 9.90 Å². The van der Waals surface area contributed by atoms with Crippen molar-refractivity contribution in [1.29, 1.82) is 0 Å². The fraction of sp³-hybridized carbons (Fsp3) is 0.312. The van der Waals surface area contributed by atoms with Gasteiger partial charge in [0, 0.05) is 18.7 Å². The zero-order valence-electron chi connectivity index (χ0n) is 12.4. The number of nitrogens with zero attached hydrogens (tertiary/aromatic N) is 1. The third kappa shape index (κ3) is 2.86. The second-order valence-electron chi connectivity index (χ2n) is 4.53. The van der Waals surface area contributed by atoms with Gasteiger partial charge in [0.2, 0.25) is 0 Å². The van der Waals surface area contributed by atoms with Crippen LogP contribution in [-0.4, -0.2) is 36.1 Å². The Morgan fingerprint density at radius 2 is 2.05 bits per heavy atom. The summed E-state index contributed by atoms with van der Waals surface area (Å²) in [5.41, 5.74) is 0.898. The average Bonchev–Trinajstić information content (AvgIpc) is 3.02. The van der Waals surface area contributed by atoms with E-state index in [1.165, 1.54) is 13.4 Å². The maximum Gasteiger partial charge on any atom is 0.253 e. The van der Waals surface area contributed by atoms with Crippen LogP contribution in [0.4, 0.5) is 0 Å². The predicted octanol–water partition coefficient (Wildman–Crippen LogP) is 3.14. The van der Waals surface area contributed by atoms with Gasteiger partial charge in [0.25, 0.3) is 5.91 Å². The minimum absolute atomic E-state index is 0.0384. The molecular weight excluding hydrogens is 270 g/mol. The van der Waals surface area contributed by atoms with Gasteiger partial charge in [-0.05, 0) is 38.1 Å². The van der Waals surface area contributed by atoms with Gasteiger partial charge in [-0.1, -0.05) is 0 Å². The molecule has 0 aliphatic heterocycles. The molecule has 21 heavy (non-hydrogen) atoms. The zero-order valence-corrected chi connectivity index (χ0v) is 12.4. The maximum absolute atomic E-state index is 12.5. The number of carbonyl (C=O) groups is 1. The SMILES string of the molecule is CCN(CC)C(=O)c1cc(OC)c(O)c(-c2ccco2)c1. The highest BCUT2D eigenvalue weighted by Crippen LogP contribution is 2.38. The molecule has 5 heteroatoms. The van der Waals surface area contributed by atoms with E-state index in [0.29, 0.717) is 30.0 Å². The first-order valence-corrected chi connectivity index (χ1v) is 6.86. The fourth-order valence-electron chi connectivity index (χ4n) is 2.20. The first kappa shape index (κ1) is 15.0. The molecule has 1 heterocycles. The van der Waals surface area contributed by atoms with Gasteiger partial charge in [-0.15, -0.1) is 0 Å². The molecule has 1 N–H and O–H groups in total. The largest absolute Gasteiger partial charge is 0.504 e. The number of benzene rings is 1. The van der Waals surface area contributed by atoms with E-state index in [0.717, 1.165) is 0 Å². The Bertz CT molecular complexity index is 615. The third-order valence-electron chi connectivity index (χ3n) is 3.38. The number of ether oxygens (including phenoxy) is 1. The maximum atomic E-state index is 12.5. The molecular formula is C16H19NO4. The number of methoxy groups -OCH3 is 1. The summed E-state index contributed by atoms with van der Waals surface area (Å²) in [4.78, 5) is 14.2. The van der Waals surface area contributed by atoms with Gasteiger partial charge in [0.15, 0.2) is 11.5 Å². The molecule has 0 aliphatic carbocycles. The highest BCUT2D eigenvalue weighted by molar-refractivity contribution is 5.96. The predicted molar refractivity (Wildman–Crippen MR) is 79.6 cm³/mol. The van der Waals surface area contributed by atoms with Gasteiger partial charge in [0.05, 0.1) is 18.9 Å². The van der Waals surface area contributed by atoms with Crippen LogP contribution in [0.5, 0.6) is 11.5 Å². The number of phenols is 1. The van der Waals surface area contributed by atoms with Gasteiger partial charge in [0.1, 0.15) is 5.76 Å². The van der Waals surface area contributed by atoms with Crippen LogP contribution in [0.15, 0.2) is 34.9 Å². The Morgan fingerprint density at radius 3 is 2.57 bits per heavy atom. The van der Waals surface area contributed by atoms with Gasteiger partial charge in [-0.3, -0.25) is 4.79 Å². The lowest BCUT2D eigenvalue weighted by Gasteiger charge is -2.19. The number of carbonyl (C=O) groups excluding carboxylic acids is 1. The van der Waals surface area contributed by atoms with E-state index in [1.807, 2.05) is 13.8 Å². The van der Waals surface area contributed by atoms with Crippen molar-refractivity contribution in [2.24, 2.45) is 0 Å². The summed E-state index contributed by atoms with van der Waals surface area (Å²) < 4.78 is 10.5. The smallest absolute Gasteiger partial charge is 0.253 e. The summed E-state index contributed by atoms with van der Waals surface area (Å²) in [5.74, 6) is 0.592. The normalized spacial score (nSPS) is 10.4. The second kappa shape index (κ2) is 6.35. The molecule has 0 unspecified atom stereocenters. The van der Waals surface area contributed by atoms with Crippen LogP contribution < -0.4 is 4.74 Å². The number of amides is 1. The molecule has 1 aromatic heterocycles. The Kier molecular flexibility index (Phi) is 4.52. The van der Waals surface area contributed by atoms with Gasteiger partial charge >= 0.3 is 0 Å². The van der Waals surface area contributed by atoms with E-state index < -0.39 is 0 Å². The molecule has 2 aromatic rings. The van der Waals surface area contributed by atoms with E-state index in [-0.39, 0.29) is 17.4 Å². The van der Waals surface area contributed by atoms with Crippen LogP contribution in [0.25, 0.3) is 11.3 Å². The van der Waals surface area contributed by atoms with Crippen molar-refractivity contribution in [2.45, 2.75) is 13.8 Å². The number of hydrogen-bond donors (Lipinski definition) is 1. The van der Waals surface area contributed by atoms with Crippen LogP contribution in [0, 0.1) is 0 Å². The Labute approximate surface area is 123 Å². The van der Waals surface area contributed by atoms with Gasteiger partial charge in [-0.25, -0.2) is 0 Å². The molecule has 0 aliphatic rings. The fourth-order valence-corrected chi connectivity index (χ4v) is 2.20. The Hall–Kier alpha value is -2.43. The standard InChI is InChI=1S/C16H19NO4/c1-4-17(5-2)16(19)11-9-12(13-7-6-8-21-13)15(18)14(10-11)20-3/h6-10,18H,4-5H2,1-3H3. The first-order valence-electron chi connectivity index (χ1n) is 6.86. The summed E-state index contributed by atoms with van der Waals surface area (Å²) in [6, 6.07) is 6.61. The molecule has 1 aromatic carbocycles. The highest BCUT2D eigenvalue weighted by Gasteiger charge is 2.20. The lowest BCUT2D eigenvalue weighted by atomic mass is 10.1. The van der Waals surface area contributed by atoms with Crippen LogP contribution in [-0.2, 0) is 0 Å². The van der Waals surface area contributed by atoms with Gasteiger partial charge < -0.3 is 19.2 Å². The molecule has 5 nitrogen and oxygen atoms in total. The summed E-state index contributed by atoms with van der Waals surface area (Å²) in [6.45, 7) is 5.09. The molecule has 0 fully saturated rings. The topological polar surface area (TPSA) is 62.9 Å². The molecule has 112 valence electrons. The van der Waals surface area contributed by atoms with Crippen molar-refractivity contribution in [3.05, 3.63) is 36.1 Å². The van der Waals surface area contributed by atoms with Crippen molar-refractivity contribution in [1.82, 2.24) is 4.90 Å². The summed E-state index contributed by atoms with van der Waals surface area (Å²) >= 11 is 0. The first-order chi connectivity index (χ1) is 10.1. The number of rotatable bonds is 5. The molecule has 1 amide bonds. The van der Waals surface area contributed by atoms with Crippen LogP contribution in [0.2, 0.25) is 0 Å². The van der Waals surface area contributed by atoms with Crippen molar-refractivity contribution < 1.29 is 19.1 Å².